The number of rotatable bonds is 1. The highest BCUT2D eigenvalue weighted by Crippen LogP contribution is 2.35. The van der Waals surface area contributed by atoms with E-state index in [2.05, 4.69) is 15.9 Å². The van der Waals surface area contributed by atoms with Crippen molar-refractivity contribution in [3.05, 3.63) is 64.0 Å². The second-order valence-electron chi connectivity index (χ2n) is 3.87. The first-order valence-electron chi connectivity index (χ1n) is 5.32. The first-order valence-corrected chi connectivity index (χ1v) is 6.11. The van der Waals surface area contributed by atoms with Crippen LogP contribution in [0, 0.1) is 0 Å². The van der Waals surface area contributed by atoms with Gasteiger partial charge in [0.15, 0.2) is 5.78 Å². The van der Waals surface area contributed by atoms with Crippen molar-refractivity contribution < 1.29 is 14.0 Å². The van der Waals surface area contributed by atoms with Crippen LogP contribution in [0.3, 0.4) is 0 Å². The number of benzene rings is 1. The van der Waals surface area contributed by atoms with Crippen molar-refractivity contribution in [1.82, 2.24) is 0 Å². The molecule has 3 nitrogen and oxygen atoms in total. The minimum Gasteiger partial charge on any atom is -0.464 e. The molecule has 1 aliphatic carbocycles. The number of allylic oxidation sites excluding steroid dienone is 2. The molecule has 1 heterocycles. The minimum absolute atomic E-state index is 0.198. The van der Waals surface area contributed by atoms with Gasteiger partial charge >= 0.3 is 0 Å². The van der Waals surface area contributed by atoms with Gasteiger partial charge in [0.2, 0.25) is 5.78 Å². The summed E-state index contributed by atoms with van der Waals surface area (Å²) in [6.07, 6.45) is 1.47. The van der Waals surface area contributed by atoms with E-state index in [0.29, 0.717) is 16.9 Å². The first-order chi connectivity index (χ1) is 8.70. The van der Waals surface area contributed by atoms with E-state index in [1.165, 1.54) is 6.26 Å². The summed E-state index contributed by atoms with van der Waals surface area (Å²) in [5.74, 6) is -0.00152. The SMILES string of the molecule is O=C1C(Br)=C(c2ccco2)C(=O)c2ccccc21. The van der Waals surface area contributed by atoms with E-state index in [1.54, 1.807) is 36.4 Å². The maximum Gasteiger partial charge on any atom is 0.201 e. The van der Waals surface area contributed by atoms with Gasteiger partial charge in [0, 0.05) is 11.1 Å². The quantitative estimate of drug-likeness (QED) is 0.810. The van der Waals surface area contributed by atoms with Gasteiger partial charge in [-0.1, -0.05) is 24.3 Å². The molecule has 0 amide bonds. The molecule has 0 unspecified atom stereocenters. The van der Waals surface area contributed by atoms with Gasteiger partial charge in [0.1, 0.15) is 5.76 Å². The lowest BCUT2D eigenvalue weighted by Gasteiger charge is -2.16. The molecule has 1 aromatic carbocycles. The van der Waals surface area contributed by atoms with Gasteiger partial charge in [0.25, 0.3) is 0 Å². The summed E-state index contributed by atoms with van der Waals surface area (Å²) >= 11 is 3.20. The van der Waals surface area contributed by atoms with E-state index in [4.69, 9.17) is 4.42 Å². The van der Waals surface area contributed by atoms with E-state index in [-0.39, 0.29) is 21.6 Å². The van der Waals surface area contributed by atoms with E-state index < -0.39 is 0 Å². The summed E-state index contributed by atoms with van der Waals surface area (Å²) in [5, 5.41) is 0. The molecule has 0 saturated heterocycles. The van der Waals surface area contributed by atoms with Crippen LogP contribution >= 0.6 is 15.9 Å². The lowest BCUT2D eigenvalue weighted by Crippen LogP contribution is -2.18. The van der Waals surface area contributed by atoms with Crippen LogP contribution in [0.4, 0.5) is 0 Å². The lowest BCUT2D eigenvalue weighted by atomic mass is 9.88. The second kappa shape index (κ2) is 4.07. The van der Waals surface area contributed by atoms with Crippen LogP contribution in [-0.4, -0.2) is 11.6 Å². The number of carbonyl (C=O) groups is 2. The highest BCUT2D eigenvalue weighted by molar-refractivity contribution is 9.12. The van der Waals surface area contributed by atoms with Crippen molar-refractivity contribution in [2.75, 3.05) is 0 Å². The van der Waals surface area contributed by atoms with Crippen LogP contribution in [-0.2, 0) is 0 Å². The highest BCUT2D eigenvalue weighted by atomic mass is 79.9. The number of furan rings is 1. The van der Waals surface area contributed by atoms with Gasteiger partial charge in [-0.15, -0.1) is 0 Å². The Morgan fingerprint density at radius 1 is 0.889 bits per heavy atom. The smallest absolute Gasteiger partial charge is 0.201 e. The van der Waals surface area contributed by atoms with Crippen LogP contribution in [0.1, 0.15) is 26.5 Å². The van der Waals surface area contributed by atoms with Gasteiger partial charge in [-0.05, 0) is 28.1 Å². The summed E-state index contributed by atoms with van der Waals surface area (Å²) in [6, 6.07) is 10.1. The maximum absolute atomic E-state index is 12.4. The van der Waals surface area contributed by atoms with Crippen molar-refractivity contribution in [2.45, 2.75) is 0 Å². The highest BCUT2D eigenvalue weighted by Gasteiger charge is 2.32. The Bertz CT molecular complexity index is 681. The molecule has 0 atom stereocenters. The molecule has 0 radical (unpaired) electrons. The normalized spacial score (nSPS) is 14.9. The third kappa shape index (κ3) is 1.49. The standard InChI is InChI=1S/C14H7BrO3/c15-12-11(10-6-3-7-18-10)13(16)8-4-1-2-5-9(8)14(12)17/h1-7H. The fraction of sp³-hybridized carbons (Fsp3) is 0. The molecule has 4 heteroatoms. The molecule has 18 heavy (non-hydrogen) atoms. The third-order valence-corrected chi connectivity index (χ3v) is 3.59. The molecule has 0 N–H and O–H groups in total. The van der Waals surface area contributed by atoms with Gasteiger partial charge in [-0.25, -0.2) is 0 Å². The zero-order valence-electron chi connectivity index (χ0n) is 9.14. The van der Waals surface area contributed by atoms with Crippen LogP contribution in [0.5, 0.6) is 0 Å². The van der Waals surface area contributed by atoms with Gasteiger partial charge in [-0.3, -0.25) is 9.59 Å². The summed E-state index contributed by atoms with van der Waals surface area (Å²) in [5.41, 5.74) is 1.12. The van der Waals surface area contributed by atoms with Gasteiger partial charge < -0.3 is 4.42 Å². The minimum atomic E-state index is -0.202. The fourth-order valence-corrected chi connectivity index (χ4v) is 2.58. The molecule has 2 aromatic rings. The Morgan fingerprint density at radius 2 is 1.56 bits per heavy atom. The van der Waals surface area contributed by atoms with Crippen molar-refractivity contribution in [3.63, 3.8) is 0 Å². The molecule has 0 aliphatic heterocycles. The second-order valence-corrected chi connectivity index (χ2v) is 4.66. The maximum atomic E-state index is 12.4. The Hall–Kier alpha value is -1.94. The molecule has 88 valence electrons. The van der Waals surface area contributed by atoms with Crippen LogP contribution in [0.25, 0.3) is 5.57 Å². The van der Waals surface area contributed by atoms with Crippen molar-refractivity contribution in [2.24, 2.45) is 0 Å². The predicted octanol–water partition coefficient (Wildman–Crippen LogP) is 3.46. The topological polar surface area (TPSA) is 47.3 Å². The van der Waals surface area contributed by atoms with Crippen LogP contribution in [0.15, 0.2) is 51.6 Å². The van der Waals surface area contributed by atoms with E-state index in [9.17, 15) is 9.59 Å². The number of halogens is 1. The fourth-order valence-electron chi connectivity index (χ4n) is 1.99. The number of Topliss-reactive ketones (excluding diaryl/α,β-unsaturated/α-hetero) is 2. The van der Waals surface area contributed by atoms with Crippen LogP contribution < -0.4 is 0 Å². The van der Waals surface area contributed by atoms with Gasteiger partial charge in [0.05, 0.1) is 16.3 Å². The van der Waals surface area contributed by atoms with E-state index in [1.807, 2.05) is 0 Å². The summed E-state index contributed by atoms with van der Waals surface area (Å²) in [4.78, 5) is 24.5. The first kappa shape index (κ1) is 11.2. The lowest BCUT2D eigenvalue weighted by molar-refractivity contribution is 0.0998. The number of hydrogen-bond acceptors (Lipinski definition) is 3. The Balaban J connectivity index is 2.26. The third-order valence-electron chi connectivity index (χ3n) is 2.83. The molecule has 0 fully saturated rings. The zero-order valence-corrected chi connectivity index (χ0v) is 10.7. The average Bonchev–Trinajstić information content (AvgIpc) is 2.90. The summed E-state index contributed by atoms with van der Waals surface area (Å²) < 4.78 is 5.47. The molecule has 3 rings (SSSR count). The number of hydrogen-bond donors (Lipinski definition) is 0. The molecular formula is C14H7BrO3. The Morgan fingerprint density at radius 3 is 2.17 bits per heavy atom. The number of carbonyl (C=O) groups excluding carboxylic acids is 2. The molecule has 0 spiro atoms. The molecule has 1 aromatic heterocycles. The van der Waals surface area contributed by atoms with Crippen molar-refractivity contribution in [1.29, 1.82) is 0 Å². The van der Waals surface area contributed by atoms with Crippen molar-refractivity contribution in [3.8, 4) is 0 Å². The Labute approximate surface area is 111 Å². The van der Waals surface area contributed by atoms with Crippen molar-refractivity contribution >= 4 is 33.1 Å². The largest absolute Gasteiger partial charge is 0.464 e. The Kier molecular flexibility index (Phi) is 2.52. The van der Waals surface area contributed by atoms with E-state index >= 15 is 0 Å². The summed E-state index contributed by atoms with van der Waals surface area (Å²) in [7, 11) is 0. The molecule has 0 saturated carbocycles. The molecular weight excluding hydrogens is 296 g/mol. The molecule has 1 aliphatic rings. The van der Waals surface area contributed by atoms with E-state index in [0.717, 1.165) is 0 Å². The summed E-state index contributed by atoms with van der Waals surface area (Å²) in [6.45, 7) is 0. The number of ketones is 2. The average molecular weight is 303 g/mol. The van der Waals surface area contributed by atoms with Gasteiger partial charge in [-0.2, -0.15) is 0 Å². The zero-order chi connectivity index (χ0) is 12.7. The predicted molar refractivity (Wildman–Crippen MR) is 69.7 cm³/mol. The monoisotopic (exact) mass is 302 g/mol. The molecule has 0 bridgehead atoms. The van der Waals surface area contributed by atoms with Crippen LogP contribution in [0.2, 0.25) is 0 Å². The number of fused-ring (bicyclic) bond motifs is 1.